The average molecular weight is 950 g/mol. The maximum atomic E-state index is 2.82. The van der Waals surface area contributed by atoms with Crippen molar-refractivity contribution in [2.45, 2.75) is 124 Å². The molecule has 0 atom stereocenters. The second-order valence-corrected chi connectivity index (χ2v) is 26.3. The molecular formula is C69H68BN3. The molecule has 3 nitrogen and oxygen atoms in total. The van der Waals surface area contributed by atoms with Crippen molar-refractivity contribution >= 4 is 73.0 Å². The molecule has 10 aromatic rings. The van der Waals surface area contributed by atoms with Gasteiger partial charge in [0, 0.05) is 71.9 Å². The van der Waals surface area contributed by atoms with Crippen LogP contribution < -0.4 is 10.4 Å². The number of aromatic nitrogens is 2. The van der Waals surface area contributed by atoms with E-state index in [9.17, 15) is 0 Å². The number of rotatable bonds is 3. The Morgan fingerprint density at radius 3 is 1.68 bits per heavy atom. The Hall–Kier alpha value is -7.04. The quantitative estimate of drug-likeness (QED) is 0.161. The van der Waals surface area contributed by atoms with E-state index in [1.807, 2.05) is 0 Å². The van der Waals surface area contributed by atoms with E-state index in [2.05, 4.69) is 269 Å². The lowest BCUT2D eigenvalue weighted by Gasteiger charge is -2.43. The molecule has 0 spiro atoms. The zero-order valence-electron chi connectivity index (χ0n) is 45.4. The summed E-state index contributed by atoms with van der Waals surface area (Å²) >= 11 is 0. The van der Waals surface area contributed by atoms with Gasteiger partial charge in [-0.2, -0.15) is 0 Å². The third kappa shape index (κ3) is 6.57. The minimum absolute atomic E-state index is 0.0209. The van der Waals surface area contributed by atoms with Gasteiger partial charge in [-0.3, -0.25) is 0 Å². The number of anilines is 2. The van der Waals surface area contributed by atoms with E-state index >= 15 is 0 Å². The second kappa shape index (κ2) is 15.0. The van der Waals surface area contributed by atoms with Gasteiger partial charge in [-0.25, -0.2) is 0 Å². The number of nitrogens with zero attached hydrogens (tertiary/aromatic N) is 3. The molecule has 0 radical (unpaired) electrons. The number of benzene rings is 8. The van der Waals surface area contributed by atoms with Crippen LogP contribution >= 0.6 is 0 Å². The van der Waals surface area contributed by atoms with Gasteiger partial charge in [0.1, 0.15) is 0 Å². The first-order chi connectivity index (χ1) is 34.5. The molecule has 0 N–H and O–H groups in total. The standard InChI is InChI=1S/C69H68BN3/c1-65(2,3)43-27-24-41(25-28-43)42-26-34-55-53(36-42)63-64(69(55,13)14)70-60-50(38-46(68(10,11)12)39-58(60)72(63)48-32-29-44(30-33-48)66(4,5)6)52-40-51-49-22-18-19-23-56(49)71(47-20-16-15-17-21-47)61(51)59-54-37-45(67(7,8)9)31-35-57(54)73(70)62(52)59/h15-40H,1-14H3. The maximum Gasteiger partial charge on any atom is 0.329 e. The Bertz CT molecular complexity index is 4000. The van der Waals surface area contributed by atoms with Crippen LogP contribution in [0.2, 0.25) is 0 Å². The van der Waals surface area contributed by atoms with Crippen molar-refractivity contribution in [2.75, 3.05) is 4.90 Å². The van der Waals surface area contributed by atoms with Crippen LogP contribution in [0, 0.1) is 0 Å². The highest BCUT2D eigenvalue weighted by Gasteiger charge is 2.53. The third-order valence-corrected chi connectivity index (χ3v) is 17.1. The summed E-state index contributed by atoms with van der Waals surface area (Å²) in [4.78, 5) is 2.69. The lowest BCUT2D eigenvalue weighted by Crippen LogP contribution is -2.52. The molecule has 4 heterocycles. The van der Waals surface area contributed by atoms with E-state index in [1.54, 1.807) is 0 Å². The van der Waals surface area contributed by atoms with Gasteiger partial charge in [0.2, 0.25) is 0 Å². The first-order valence-corrected chi connectivity index (χ1v) is 26.7. The second-order valence-electron chi connectivity index (χ2n) is 26.3. The van der Waals surface area contributed by atoms with Crippen LogP contribution in [0.3, 0.4) is 0 Å². The molecule has 0 saturated heterocycles. The summed E-state index contributed by atoms with van der Waals surface area (Å²) in [5, 5.41) is 5.21. The van der Waals surface area contributed by atoms with E-state index < -0.39 is 0 Å². The van der Waals surface area contributed by atoms with Crippen molar-refractivity contribution in [1.82, 2.24) is 9.05 Å². The van der Waals surface area contributed by atoms with Crippen LogP contribution in [0.15, 0.2) is 163 Å². The molecule has 8 aromatic carbocycles. The van der Waals surface area contributed by atoms with Gasteiger partial charge in [-0.15, -0.1) is 0 Å². The Kier molecular flexibility index (Phi) is 9.43. The molecule has 0 bridgehead atoms. The van der Waals surface area contributed by atoms with Crippen LogP contribution in [0.5, 0.6) is 0 Å². The van der Waals surface area contributed by atoms with Crippen molar-refractivity contribution in [3.05, 3.63) is 197 Å². The van der Waals surface area contributed by atoms with Crippen LogP contribution in [0.4, 0.5) is 11.4 Å². The topological polar surface area (TPSA) is 13.1 Å². The van der Waals surface area contributed by atoms with E-state index in [0.29, 0.717) is 0 Å². The molecule has 13 rings (SSSR count). The molecular weight excluding hydrogens is 882 g/mol. The Balaban J connectivity index is 1.22. The summed E-state index contributed by atoms with van der Waals surface area (Å²) in [5.41, 5.74) is 25.7. The molecule has 0 fully saturated rings. The van der Waals surface area contributed by atoms with Gasteiger partial charge in [0.15, 0.2) is 0 Å². The molecule has 1 aliphatic carbocycles. The van der Waals surface area contributed by atoms with Crippen molar-refractivity contribution in [3.8, 4) is 27.9 Å². The van der Waals surface area contributed by atoms with Gasteiger partial charge in [0.05, 0.1) is 11.0 Å². The van der Waals surface area contributed by atoms with Gasteiger partial charge < -0.3 is 13.9 Å². The Labute approximate surface area is 433 Å². The van der Waals surface area contributed by atoms with E-state index in [0.717, 1.165) is 0 Å². The lowest BCUT2D eigenvalue weighted by molar-refractivity contribution is 0.590. The zero-order chi connectivity index (χ0) is 51.1. The predicted octanol–water partition coefficient (Wildman–Crippen LogP) is 17.9. The largest absolute Gasteiger partial charge is 0.375 e. The molecule has 2 aliphatic heterocycles. The fourth-order valence-electron chi connectivity index (χ4n) is 13.1. The highest BCUT2D eigenvalue weighted by atomic mass is 15.2. The third-order valence-electron chi connectivity index (χ3n) is 17.1. The maximum absolute atomic E-state index is 2.82. The van der Waals surface area contributed by atoms with E-state index in [-0.39, 0.29) is 33.9 Å². The average Bonchev–Trinajstić information content (AvgIpc) is 3.94. The zero-order valence-corrected chi connectivity index (χ0v) is 45.4. The summed E-state index contributed by atoms with van der Waals surface area (Å²) in [7, 11) is 0. The summed E-state index contributed by atoms with van der Waals surface area (Å²) in [6.07, 6.45) is 0. The van der Waals surface area contributed by atoms with Gasteiger partial charge >= 0.3 is 6.85 Å². The van der Waals surface area contributed by atoms with E-state index in [4.69, 9.17) is 0 Å². The highest BCUT2D eigenvalue weighted by molar-refractivity contribution is 6.86. The van der Waals surface area contributed by atoms with E-state index in [1.165, 1.54) is 133 Å². The molecule has 0 unspecified atom stereocenters. The van der Waals surface area contributed by atoms with Crippen LogP contribution in [-0.4, -0.2) is 15.9 Å². The Morgan fingerprint density at radius 2 is 1.03 bits per heavy atom. The molecule has 3 aliphatic rings. The number of hydrogen-bond acceptors (Lipinski definition) is 1. The molecule has 0 saturated carbocycles. The number of fused-ring (bicyclic) bond motifs is 12. The molecule has 2 aromatic heterocycles. The molecule has 362 valence electrons. The van der Waals surface area contributed by atoms with Crippen LogP contribution in [0.1, 0.15) is 130 Å². The van der Waals surface area contributed by atoms with Crippen molar-refractivity contribution in [2.24, 2.45) is 0 Å². The molecule has 73 heavy (non-hydrogen) atoms. The van der Waals surface area contributed by atoms with Gasteiger partial charge in [0.25, 0.3) is 0 Å². The van der Waals surface area contributed by atoms with Crippen molar-refractivity contribution in [1.29, 1.82) is 0 Å². The monoisotopic (exact) mass is 950 g/mol. The number of para-hydroxylation sites is 2. The highest BCUT2D eigenvalue weighted by Crippen LogP contribution is 2.58. The molecule has 4 heteroatoms. The lowest BCUT2D eigenvalue weighted by atomic mass is 9.40. The summed E-state index contributed by atoms with van der Waals surface area (Å²) in [6, 6.07) is 61.6. The fraction of sp³-hybridized carbons (Fsp3) is 0.275. The number of hydrogen-bond donors (Lipinski definition) is 0. The van der Waals surface area contributed by atoms with Gasteiger partial charge in [-0.05, 0) is 138 Å². The molecule has 0 amide bonds. The van der Waals surface area contributed by atoms with Crippen LogP contribution in [0.25, 0.3) is 77.2 Å². The van der Waals surface area contributed by atoms with Crippen LogP contribution in [-0.2, 0) is 27.1 Å². The minimum Gasteiger partial charge on any atom is -0.375 e. The first kappa shape index (κ1) is 45.8. The Morgan fingerprint density at radius 1 is 0.425 bits per heavy atom. The van der Waals surface area contributed by atoms with Crippen molar-refractivity contribution < 1.29 is 0 Å². The summed E-state index contributed by atoms with van der Waals surface area (Å²) in [6.45, 7) is 33.0. The van der Waals surface area contributed by atoms with Gasteiger partial charge in [-0.1, -0.05) is 194 Å². The normalized spacial score (nSPS) is 15.3. The summed E-state index contributed by atoms with van der Waals surface area (Å²) in [5.74, 6) is 0. The number of allylic oxidation sites excluding steroid dienone is 1. The predicted molar refractivity (Wildman–Crippen MR) is 315 cm³/mol. The first-order valence-electron chi connectivity index (χ1n) is 26.7. The fourth-order valence-corrected chi connectivity index (χ4v) is 13.1. The van der Waals surface area contributed by atoms with Crippen molar-refractivity contribution in [3.63, 3.8) is 0 Å². The smallest absolute Gasteiger partial charge is 0.329 e. The minimum atomic E-state index is -0.333. The summed E-state index contributed by atoms with van der Waals surface area (Å²) < 4.78 is 5.37. The SMILES string of the molecule is CC(C)(C)c1ccc(-c2ccc3c(c2)C2=C(B4c5c(cc(C(C)(C)C)cc5N2c2ccc(C(C)(C)C)cc2)-c2cc5c6ccccc6n(-c6ccccc6)c5c5c6cc(C(C)(C)C)ccc6n4c25)C3(C)C)cc1.